The fourth-order valence-electron chi connectivity index (χ4n) is 1.25. The van der Waals surface area contributed by atoms with E-state index in [1.807, 2.05) is 0 Å². The Morgan fingerprint density at radius 3 is 2.62 bits per heavy atom. The number of nitrogens with one attached hydrogen (secondary N) is 1. The van der Waals surface area contributed by atoms with E-state index in [9.17, 15) is 4.79 Å². The quantitative estimate of drug-likeness (QED) is 0.818. The van der Waals surface area contributed by atoms with Gasteiger partial charge in [-0.25, -0.2) is 9.78 Å². The monoisotopic (exact) mass is 215 g/mol. The van der Waals surface area contributed by atoms with Gasteiger partial charge in [0.15, 0.2) is 0 Å². The number of carboxylic acid groups (broad SMARTS) is 1. The molecule has 0 fully saturated rings. The molecule has 0 spiro atoms. The molecule has 0 bridgehead atoms. The number of nitrogens with zero attached hydrogens (tertiary/aromatic N) is 2. The fraction of sp³-hybridized carbons (Fsp3) is 0. The highest BCUT2D eigenvalue weighted by Crippen LogP contribution is 2.17. The molecule has 0 aromatic carbocycles. The van der Waals surface area contributed by atoms with E-state index in [0.29, 0.717) is 5.82 Å². The van der Waals surface area contributed by atoms with Crippen LogP contribution in [-0.4, -0.2) is 21.0 Å². The smallest absolute Gasteiger partial charge is 0.339 e. The van der Waals surface area contributed by atoms with Crippen molar-refractivity contribution in [1.82, 2.24) is 9.97 Å². The van der Waals surface area contributed by atoms with Crippen molar-refractivity contribution in [2.75, 3.05) is 5.32 Å². The molecule has 2 rings (SSSR count). The van der Waals surface area contributed by atoms with Crippen molar-refractivity contribution in [2.24, 2.45) is 0 Å². The van der Waals surface area contributed by atoms with Gasteiger partial charge in [0.05, 0.1) is 0 Å². The van der Waals surface area contributed by atoms with Crippen molar-refractivity contribution in [3.05, 3.63) is 48.4 Å². The summed E-state index contributed by atoms with van der Waals surface area (Å²) in [5.74, 6) is -0.689. The molecule has 0 aliphatic carbocycles. The molecule has 16 heavy (non-hydrogen) atoms. The second-order valence-electron chi connectivity index (χ2n) is 3.07. The number of carbonyl (C=O) groups is 1. The minimum atomic E-state index is -1.01. The average molecular weight is 215 g/mol. The number of hydrogen-bond donors (Lipinski definition) is 2. The van der Waals surface area contributed by atoms with Gasteiger partial charge in [-0.05, 0) is 24.3 Å². The summed E-state index contributed by atoms with van der Waals surface area (Å²) in [6.07, 6.45) is 4.77. The molecule has 5 heteroatoms. The first-order valence-corrected chi connectivity index (χ1v) is 4.63. The van der Waals surface area contributed by atoms with Crippen LogP contribution < -0.4 is 5.32 Å². The van der Waals surface area contributed by atoms with E-state index in [4.69, 9.17) is 5.11 Å². The molecule has 0 atom stereocenters. The maximum Gasteiger partial charge on any atom is 0.339 e. The molecule has 2 aromatic rings. The standard InChI is InChI=1S/C11H9N3O2/c15-11(16)9-2-1-5-13-10(9)14-8-3-6-12-7-4-8/h1-7H,(H,15,16)(H,12,13,14). The van der Waals surface area contributed by atoms with Gasteiger partial charge in [0, 0.05) is 24.3 Å². The number of carboxylic acids is 1. The van der Waals surface area contributed by atoms with Gasteiger partial charge in [-0.2, -0.15) is 0 Å². The molecule has 5 nitrogen and oxygen atoms in total. The van der Waals surface area contributed by atoms with E-state index in [0.717, 1.165) is 5.69 Å². The molecule has 0 saturated heterocycles. The van der Waals surface area contributed by atoms with Gasteiger partial charge < -0.3 is 10.4 Å². The molecule has 2 aromatic heterocycles. The lowest BCUT2D eigenvalue weighted by Gasteiger charge is -2.07. The predicted molar refractivity (Wildman–Crippen MR) is 58.7 cm³/mol. The summed E-state index contributed by atoms with van der Waals surface area (Å²) in [5, 5.41) is 11.9. The molecule has 0 amide bonds. The zero-order valence-electron chi connectivity index (χ0n) is 8.29. The SMILES string of the molecule is O=C(O)c1cccnc1Nc1ccncc1. The zero-order valence-corrected chi connectivity index (χ0v) is 8.29. The lowest BCUT2D eigenvalue weighted by atomic mass is 10.2. The van der Waals surface area contributed by atoms with Gasteiger partial charge in [-0.15, -0.1) is 0 Å². The molecule has 0 radical (unpaired) electrons. The van der Waals surface area contributed by atoms with Crippen LogP contribution in [0.1, 0.15) is 10.4 Å². The Morgan fingerprint density at radius 2 is 1.94 bits per heavy atom. The first-order valence-electron chi connectivity index (χ1n) is 4.63. The molecule has 2 N–H and O–H groups in total. The number of aromatic carboxylic acids is 1. The topological polar surface area (TPSA) is 75.1 Å². The highest BCUT2D eigenvalue weighted by Gasteiger charge is 2.09. The van der Waals surface area contributed by atoms with E-state index in [1.54, 1.807) is 30.6 Å². The summed E-state index contributed by atoms with van der Waals surface area (Å²) in [6.45, 7) is 0. The number of pyridine rings is 2. The van der Waals surface area contributed by atoms with Gasteiger partial charge in [0.25, 0.3) is 0 Å². The third-order valence-corrected chi connectivity index (χ3v) is 1.98. The fourth-order valence-corrected chi connectivity index (χ4v) is 1.25. The summed E-state index contributed by atoms with van der Waals surface area (Å²) in [6, 6.07) is 6.56. The van der Waals surface area contributed by atoms with Crippen molar-refractivity contribution in [3.8, 4) is 0 Å². The Hall–Kier alpha value is -2.43. The maximum atomic E-state index is 10.9. The first kappa shape index (κ1) is 10.1. The Kier molecular flexibility index (Phi) is 2.77. The van der Waals surface area contributed by atoms with Crippen LogP contribution in [0, 0.1) is 0 Å². The molecular weight excluding hydrogens is 206 g/mol. The van der Waals surface area contributed by atoms with Gasteiger partial charge >= 0.3 is 5.97 Å². The summed E-state index contributed by atoms with van der Waals surface area (Å²) in [5.41, 5.74) is 0.885. The van der Waals surface area contributed by atoms with Crippen LogP contribution in [-0.2, 0) is 0 Å². The van der Waals surface area contributed by atoms with Crippen LogP contribution >= 0.6 is 0 Å². The normalized spacial score (nSPS) is 9.75. The van der Waals surface area contributed by atoms with Gasteiger partial charge in [0.1, 0.15) is 11.4 Å². The first-order chi connectivity index (χ1) is 7.77. The molecular formula is C11H9N3O2. The van der Waals surface area contributed by atoms with E-state index >= 15 is 0 Å². The number of anilines is 2. The summed E-state index contributed by atoms with van der Waals surface area (Å²) in [7, 11) is 0. The maximum absolute atomic E-state index is 10.9. The van der Waals surface area contributed by atoms with Crippen molar-refractivity contribution in [2.45, 2.75) is 0 Å². The molecule has 0 saturated carbocycles. The van der Waals surface area contributed by atoms with Gasteiger partial charge in [-0.1, -0.05) is 0 Å². The number of rotatable bonds is 3. The van der Waals surface area contributed by atoms with Crippen molar-refractivity contribution < 1.29 is 9.90 Å². The van der Waals surface area contributed by atoms with Crippen molar-refractivity contribution in [3.63, 3.8) is 0 Å². The summed E-state index contributed by atoms with van der Waals surface area (Å²) >= 11 is 0. The molecule has 80 valence electrons. The lowest BCUT2D eigenvalue weighted by molar-refractivity contribution is 0.0697. The number of hydrogen-bond acceptors (Lipinski definition) is 4. The second-order valence-corrected chi connectivity index (χ2v) is 3.07. The second kappa shape index (κ2) is 4.39. The van der Waals surface area contributed by atoms with Crippen LogP contribution in [0.2, 0.25) is 0 Å². The third kappa shape index (κ3) is 2.14. The van der Waals surface area contributed by atoms with E-state index in [1.165, 1.54) is 12.3 Å². The van der Waals surface area contributed by atoms with Crippen LogP contribution in [0.5, 0.6) is 0 Å². The number of aromatic nitrogens is 2. The van der Waals surface area contributed by atoms with Crippen molar-refractivity contribution in [1.29, 1.82) is 0 Å². The summed E-state index contributed by atoms with van der Waals surface area (Å²) in [4.78, 5) is 18.8. The average Bonchev–Trinajstić information content (AvgIpc) is 2.31. The minimum Gasteiger partial charge on any atom is -0.478 e. The molecule has 0 aliphatic rings. The van der Waals surface area contributed by atoms with Gasteiger partial charge in [-0.3, -0.25) is 4.98 Å². The minimum absolute atomic E-state index is 0.138. The van der Waals surface area contributed by atoms with Crippen molar-refractivity contribution >= 4 is 17.5 Å². The Morgan fingerprint density at radius 1 is 1.19 bits per heavy atom. The Labute approximate surface area is 91.8 Å². The van der Waals surface area contributed by atoms with E-state index in [-0.39, 0.29) is 5.56 Å². The Bertz CT molecular complexity index is 500. The van der Waals surface area contributed by atoms with E-state index < -0.39 is 5.97 Å². The predicted octanol–water partition coefficient (Wildman–Crippen LogP) is 1.92. The van der Waals surface area contributed by atoms with Crippen LogP contribution in [0.25, 0.3) is 0 Å². The largest absolute Gasteiger partial charge is 0.478 e. The zero-order chi connectivity index (χ0) is 11.4. The van der Waals surface area contributed by atoms with Crippen LogP contribution in [0.3, 0.4) is 0 Å². The summed E-state index contributed by atoms with van der Waals surface area (Å²) < 4.78 is 0. The van der Waals surface area contributed by atoms with Crippen LogP contribution in [0.4, 0.5) is 11.5 Å². The van der Waals surface area contributed by atoms with Crippen LogP contribution in [0.15, 0.2) is 42.9 Å². The molecule has 0 unspecified atom stereocenters. The van der Waals surface area contributed by atoms with Gasteiger partial charge in [0.2, 0.25) is 0 Å². The highest BCUT2D eigenvalue weighted by atomic mass is 16.4. The van der Waals surface area contributed by atoms with E-state index in [2.05, 4.69) is 15.3 Å². The molecule has 0 aliphatic heterocycles. The highest BCUT2D eigenvalue weighted by molar-refractivity contribution is 5.93. The Balaban J connectivity index is 2.31. The third-order valence-electron chi connectivity index (χ3n) is 1.98. The molecule has 2 heterocycles. The lowest BCUT2D eigenvalue weighted by Crippen LogP contribution is -2.04.